The van der Waals surface area contributed by atoms with Crippen LogP contribution in [-0.4, -0.2) is 10.1 Å². The van der Waals surface area contributed by atoms with Crippen molar-refractivity contribution in [2.45, 2.75) is 13.2 Å². The standard InChI is InChI=1S/C10H9Br2N3O2/c11-6-2-1-3-7(12)10(6)16-5-8-14-9(4-13)17-15-8/h1-3H,4-5,13H2. The number of aromatic nitrogens is 2. The first-order valence-electron chi connectivity index (χ1n) is 4.79. The van der Waals surface area contributed by atoms with Crippen LogP contribution in [0.4, 0.5) is 0 Å². The Morgan fingerprint density at radius 1 is 1.29 bits per heavy atom. The molecule has 0 radical (unpaired) electrons. The van der Waals surface area contributed by atoms with Gasteiger partial charge in [-0.1, -0.05) is 11.2 Å². The van der Waals surface area contributed by atoms with Crippen molar-refractivity contribution in [3.63, 3.8) is 0 Å². The molecule has 0 amide bonds. The van der Waals surface area contributed by atoms with Crippen molar-refractivity contribution in [1.29, 1.82) is 0 Å². The molecule has 0 unspecified atom stereocenters. The van der Waals surface area contributed by atoms with Crippen LogP contribution in [0.15, 0.2) is 31.7 Å². The number of rotatable bonds is 4. The summed E-state index contributed by atoms with van der Waals surface area (Å²) in [7, 11) is 0. The molecule has 0 saturated carbocycles. The molecular formula is C10H9Br2N3O2. The maximum atomic E-state index is 5.59. The van der Waals surface area contributed by atoms with Crippen molar-refractivity contribution in [1.82, 2.24) is 10.1 Å². The van der Waals surface area contributed by atoms with Gasteiger partial charge in [0.05, 0.1) is 15.5 Å². The number of nitrogens with two attached hydrogens (primary N) is 1. The van der Waals surface area contributed by atoms with Gasteiger partial charge in [0.25, 0.3) is 0 Å². The molecule has 2 aromatic rings. The minimum Gasteiger partial charge on any atom is -0.483 e. The van der Waals surface area contributed by atoms with Gasteiger partial charge in [-0.25, -0.2) is 0 Å². The van der Waals surface area contributed by atoms with Gasteiger partial charge in [-0.2, -0.15) is 4.98 Å². The Bertz CT molecular complexity index is 496. The summed E-state index contributed by atoms with van der Waals surface area (Å²) in [6, 6.07) is 5.69. The molecule has 0 aliphatic rings. The number of halogens is 2. The van der Waals surface area contributed by atoms with Gasteiger partial charge in [0.1, 0.15) is 5.75 Å². The predicted octanol–water partition coefficient (Wildman–Crippen LogP) is 2.63. The highest BCUT2D eigenvalue weighted by atomic mass is 79.9. The Balaban J connectivity index is 2.07. The number of para-hydroxylation sites is 1. The van der Waals surface area contributed by atoms with E-state index in [0.717, 1.165) is 8.95 Å². The number of benzene rings is 1. The van der Waals surface area contributed by atoms with Crippen LogP contribution in [0.3, 0.4) is 0 Å². The minimum atomic E-state index is 0.227. The fourth-order valence-corrected chi connectivity index (χ4v) is 2.42. The van der Waals surface area contributed by atoms with Gasteiger partial charge in [0.2, 0.25) is 11.7 Å². The van der Waals surface area contributed by atoms with Crippen LogP contribution in [0.2, 0.25) is 0 Å². The maximum Gasteiger partial charge on any atom is 0.240 e. The quantitative estimate of drug-likeness (QED) is 0.904. The van der Waals surface area contributed by atoms with Crippen molar-refractivity contribution in [3.05, 3.63) is 38.9 Å². The van der Waals surface area contributed by atoms with Gasteiger partial charge in [0.15, 0.2) is 6.61 Å². The first kappa shape index (κ1) is 12.5. The van der Waals surface area contributed by atoms with E-state index in [0.29, 0.717) is 17.5 Å². The number of hydrogen-bond donors (Lipinski definition) is 1. The third-order valence-corrected chi connectivity index (χ3v) is 3.20. The number of ether oxygens (including phenoxy) is 1. The molecule has 0 aliphatic heterocycles. The lowest BCUT2D eigenvalue weighted by molar-refractivity contribution is 0.282. The van der Waals surface area contributed by atoms with Crippen molar-refractivity contribution in [3.8, 4) is 5.75 Å². The lowest BCUT2D eigenvalue weighted by Gasteiger charge is -2.07. The fourth-order valence-electron chi connectivity index (χ4n) is 1.19. The van der Waals surface area contributed by atoms with Gasteiger partial charge in [-0.05, 0) is 44.0 Å². The predicted molar refractivity (Wildman–Crippen MR) is 68.4 cm³/mol. The molecule has 0 fully saturated rings. The summed E-state index contributed by atoms with van der Waals surface area (Å²) in [6.07, 6.45) is 0. The molecule has 0 bridgehead atoms. The molecule has 1 aromatic carbocycles. The van der Waals surface area contributed by atoms with E-state index >= 15 is 0 Å². The fraction of sp³-hybridized carbons (Fsp3) is 0.200. The summed E-state index contributed by atoms with van der Waals surface area (Å²) in [4.78, 5) is 4.04. The molecule has 17 heavy (non-hydrogen) atoms. The largest absolute Gasteiger partial charge is 0.483 e. The van der Waals surface area contributed by atoms with Crippen LogP contribution >= 0.6 is 31.9 Å². The molecule has 0 aliphatic carbocycles. The van der Waals surface area contributed by atoms with E-state index in [1.54, 1.807) is 0 Å². The average Bonchev–Trinajstić information content (AvgIpc) is 2.76. The minimum absolute atomic E-state index is 0.227. The molecule has 5 nitrogen and oxygen atoms in total. The van der Waals surface area contributed by atoms with E-state index in [1.165, 1.54) is 0 Å². The van der Waals surface area contributed by atoms with Crippen LogP contribution in [-0.2, 0) is 13.2 Å². The zero-order valence-electron chi connectivity index (χ0n) is 8.69. The zero-order chi connectivity index (χ0) is 12.3. The SMILES string of the molecule is NCc1nc(COc2c(Br)cccc2Br)no1. The number of nitrogens with zero attached hydrogens (tertiary/aromatic N) is 2. The molecular weight excluding hydrogens is 354 g/mol. The van der Waals surface area contributed by atoms with Crippen LogP contribution in [0.1, 0.15) is 11.7 Å². The van der Waals surface area contributed by atoms with E-state index in [-0.39, 0.29) is 13.2 Å². The van der Waals surface area contributed by atoms with Crippen molar-refractivity contribution in [2.24, 2.45) is 5.73 Å². The number of hydrogen-bond acceptors (Lipinski definition) is 5. The van der Waals surface area contributed by atoms with Crippen molar-refractivity contribution >= 4 is 31.9 Å². The van der Waals surface area contributed by atoms with Gasteiger partial charge in [-0.15, -0.1) is 0 Å². The van der Waals surface area contributed by atoms with Crippen LogP contribution < -0.4 is 10.5 Å². The second-order valence-corrected chi connectivity index (χ2v) is 4.86. The van der Waals surface area contributed by atoms with Gasteiger partial charge in [-0.3, -0.25) is 0 Å². The Morgan fingerprint density at radius 2 is 2.00 bits per heavy atom. The van der Waals surface area contributed by atoms with Gasteiger partial charge < -0.3 is 15.0 Å². The Morgan fingerprint density at radius 3 is 2.59 bits per heavy atom. The smallest absolute Gasteiger partial charge is 0.240 e. The van der Waals surface area contributed by atoms with Crippen LogP contribution in [0.25, 0.3) is 0 Å². The van der Waals surface area contributed by atoms with E-state index in [2.05, 4.69) is 42.0 Å². The van der Waals surface area contributed by atoms with Crippen molar-refractivity contribution < 1.29 is 9.26 Å². The monoisotopic (exact) mass is 361 g/mol. The first-order valence-corrected chi connectivity index (χ1v) is 6.37. The normalized spacial score (nSPS) is 10.5. The zero-order valence-corrected chi connectivity index (χ0v) is 11.9. The topological polar surface area (TPSA) is 74.2 Å². The third-order valence-electron chi connectivity index (χ3n) is 1.95. The van der Waals surface area contributed by atoms with Gasteiger partial charge in [0, 0.05) is 0 Å². The lowest BCUT2D eigenvalue weighted by atomic mass is 10.3. The summed E-state index contributed by atoms with van der Waals surface area (Å²) in [5.74, 6) is 1.56. The summed E-state index contributed by atoms with van der Waals surface area (Å²) >= 11 is 6.80. The second-order valence-electron chi connectivity index (χ2n) is 3.15. The van der Waals surface area contributed by atoms with Crippen LogP contribution in [0.5, 0.6) is 5.75 Å². The Kier molecular flexibility index (Phi) is 4.14. The average molecular weight is 363 g/mol. The Hall–Kier alpha value is -0.920. The van der Waals surface area contributed by atoms with Crippen molar-refractivity contribution in [2.75, 3.05) is 0 Å². The molecule has 90 valence electrons. The molecule has 2 rings (SSSR count). The van der Waals surface area contributed by atoms with Gasteiger partial charge >= 0.3 is 0 Å². The lowest BCUT2D eigenvalue weighted by Crippen LogP contribution is -2.00. The highest BCUT2D eigenvalue weighted by molar-refractivity contribution is 9.11. The molecule has 0 atom stereocenters. The first-order chi connectivity index (χ1) is 8.20. The van der Waals surface area contributed by atoms with E-state index in [1.807, 2.05) is 18.2 Å². The molecule has 1 heterocycles. The third kappa shape index (κ3) is 3.05. The Labute approximate surface area is 115 Å². The molecule has 0 spiro atoms. The summed E-state index contributed by atoms with van der Waals surface area (Å²) in [6.45, 7) is 0.455. The van der Waals surface area contributed by atoms with E-state index in [9.17, 15) is 0 Å². The molecule has 1 aromatic heterocycles. The molecule has 7 heteroatoms. The summed E-state index contributed by atoms with van der Waals surface area (Å²) < 4.78 is 12.2. The summed E-state index contributed by atoms with van der Waals surface area (Å²) in [5, 5.41) is 3.74. The molecule has 2 N–H and O–H groups in total. The van der Waals surface area contributed by atoms with Crippen LogP contribution in [0, 0.1) is 0 Å². The highest BCUT2D eigenvalue weighted by Crippen LogP contribution is 2.33. The summed E-state index contributed by atoms with van der Waals surface area (Å²) in [5.41, 5.74) is 5.37. The molecule has 0 saturated heterocycles. The second kappa shape index (κ2) is 5.61. The maximum absolute atomic E-state index is 5.59. The van der Waals surface area contributed by atoms with E-state index < -0.39 is 0 Å². The highest BCUT2D eigenvalue weighted by Gasteiger charge is 2.09. The van der Waals surface area contributed by atoms with E-state index in [4.69, 9.17) is 15.0 Å².